The van der Waals surface area contributed by atoms with Crippen molar-refractivity contribution < 1.29 is 0 Å². The molecule has 0 bridgehead atoms. The highest BCUT2D eigenvalue weighted by atomic mass is 15.2. The van der Waals surface area contributed by atoms with E-state index in [-0.39, 0.29) is 0 Å². The van der Waals surface area contributed by atoms with Crippen LogP contribution in [0.2, 0.25) is 0 Å². The predicted octanol–water partition coefficient (Wildman–Crippen LogP) is 3.34. The van der Waals surface area contributed by atoms with Crippen molar-refractivity contribution in [2.75, 3.05) is 22.9 Å². The molecule has 26 heavy (non-hydrogen) atoms. The smallest absolute Gasteiger partial charge is 0.222 e. The van der Waals surface area contributed by atoms with Crippen molar-refractivity contribution in [3.05, 3.63) is 24.3 Å². The van der Waals surface area contributed by atoms with E-state index in [1.165, 1.54) is 32.1 Å². The van der Waals surface area contributed by atoms with E-state index in [9.17, 15) is 0 Å². The maximum absolute atomic E-state index is 6.04. The van der Waals surface area contributed by atoms with Crippen LogP contribution in [0.5, 0.6) is 0 Å². The minimum Gasteiger partial charge on any atom is -0.382 e. The van der Waals surface area contributed by atoms with Gasteiger partial charge in [0.2, 0.25) is 5.95 Å². The highest BCUT2D eigenvalue weighted by Crippen LogP contribution is 2.31. The van der Waals surface area contributed by atoms with Crippen molar-refractivity contribution in [3.8, 4) is 11.3 Å². The summed E-state index contributed by atoms with van der Waals surface area (Å²) >= 11 is 0. The lowest BCUT2D eigenvalue weighted by Gasteiger charge is -2.26. The monoisotopic (exact) mass is 351 g/mol. The highest BCUT2D eigenvalue weighted by Gasteiger charge is 2.26. The van der Waals surface area contributed by atoms with Gasteiger partial charge in [0.25, 0.3) is 0 Å². The second kappa shape index (κ2) is 6.82. The summed E-state index contributed by atoms with van der Waals surface area (Å²) in [6.45, 7) is 3.26. The number of H-pyrrole nitrogens is 1. The van der Waals surface area contributed by atoms with Gasteiger partial charge in [-0.05, 0) is 31.4 Å². The van der Waals surface area contributed by atoms with Crippen molar-refractivity contribution in [2.45, 2.75) is 45.1 Å². The first-order chi connectivity index (χ1) is 12.7. The maximum Gasteiger partial charge on any atom is 0.222 e. The number of nitrogens with one attached hydrogen (secondary N) is 1. The standard InChI is InChI=1S/C19H25N7/c1-2-3-5-13-6-4-9-26(13)17-11-15(22-19(21)23-17)12-7-8-14-16(10-12)24-25-18(14)20/h7-8,10-11,13H,2-6,9H2,1H3,(H3,20,24,25)(H2,21,22,23)/t13-/m1/s1. The Morgan fingerprint density at radius 2 is 2.12 bits per heavy atom. The summed E-state index contributed by atoms with van der Waals surface area (Å²) in [5, 5.41) is 7.92. The fourth-order valence-corrected chi connectivity index (χ4v) is 3.82. The fourth-order valence-electron chi connectivity index (χ4n) is 3.82. The molecular formula is C19H25N7. The zero-order chi connectivity index (χ0) is 18.1. The van der Waals surface area contributed by atoms with Crippen LogP contribution < -0.4 is 16.4 Å². The van der Waals surface area contributed by atoms with Crippen molar-refractivity contribution in [3.63, 3.8) is 0 Å². The van der Waals surface area contributed by atoms with Gasteiger partial charge in [-0.15, -0.1) is 0 Å². The lowest BCUT2D eigenvalue weighted by atomic mass is 10.1. The molecule has 7 heteroatoms. The average molecular weight is 351 g/mol. The topological polar surface area (TPSA) is 110 Å². The molecule has 2 aromatic heterocycles. The van der Waals surface area contributed by atoms with Gasteiger partial charge in [0.05, 0.1) is 11.2 Å². The largest absolute Gasteiger partial charge is 0.382 e. The first-order valence-corrected chi connectivity index (χ1v) is 9.31. The zero-order valence-corrected chi connectivity index (χ0v) is 15.1. The average Bonchev–Trinajstić information content (AvgIpc) is 3.26. The Kier molecular flexibility index (Phi) is 4.36. The molecule has 5 N–H and O–H groups in total. The van der Waals surface area contributed by atoms with Crippen molar-refractivity contribution in [1.82, 2.24) is 20.2 Å². The summed E-state index contributed by atoms with van der Waals surface area (Å²) in [6.07, 6.45) is 6.09. The predicted molar refractivity (Wildman–Crippen MR) is 106 cm³/mol. The number of nitrogens with two attached hydrogens (primary N) is 2. The van der Waals surface area contributed by atoms with E-state index in [1.54, 1.807) is 0 Å². The van der Waals surface area contributed by atoms with Gasteiger partial charge in [-0.25, -0.2) is 4.98 Å². The quantitative estimate of drug-likeness (QED) is 0.650. The molecule has 3 heterocycles. The molecule has 1 aliphatic heterocycles. The highest BCUT2D eigenvalue weighted by molar-refractivity contribution is 5.91. The van der Waals surface area contributed by atoms with Crippen molar-refractivity contribution >= 4 is 28.5 Å². The molecule has 0 spiro atoms. The number of nitrogens with zero attached hydrogens (tertiary/aromatic N) is 4. The second-order valence-electron chi connectivity index (χ2n) is 6.97. The normalized spacial score (nSPS) is 17.3. The van der Waals surface area contributed by atoms with Gasteiger partial charge < -0.3 is 16.4 Å². The summed E-state index contributed by atoms with van der Waals surface area (Å²) in [4.78, 5) is 11.4. The Hall–Kier alpha value is -2.83. The summed E-state index contributed by atoms with van der Waals surface area (Å²) in [6, 6.07) is 8.55. The Morgan fingerprint density at radius 3 is 2.96 bits per heavy atom. The summed E-state index contributed by atoms with van der Waals surface area (Å²) in [5.74, 6) is 1.74. The van der Waals surface area contributed by atoms with Crippen molar-refractivity contribution in [1.29, 1.82) is 0 Å². The van der Waals surface area contributed by atoms with Crippen LogP contribution in [0.1, 0.15) is 39.0 Å². The zero-order valence-electron chi connectivity index (χ0n) is 15.1. The molecule has 0 radical (unpaired) electrons. The van der Waals surface area contributed by atoms with E-state index < -0.39 is 0 Å². The molecule has 0 amide bonds. The van der Waals surface area contributed by atoms with E-state index in [4.69, 9.17) is 11.5 Å². The number of unbranched alkanes of at least 4 members (excludes halogenated alkanes) is 1. The van der Waals surface area contributed by atoms with Gasteiger partial charge in [-0.2, -0.15) is 10.1 Å². The van der Waals surface area contributed by atoms with E-state index in [1.807, 2.05) is 24.3 Å². The SMILES string of the molecule is CCCC[C@@H]1CCCN1c1cc(-c2ccc3c(N)n[nH]c3c2)nc(N)n1. The summed E-state index contributed by atoms with van der Waals surface area (Å²) < 4.78 is 0. The van der Waals surface area contributed by atoms with Gasteiger partial charge in [-0.1, -0.05) is 25.8 Å². The fraction of sp³-hybridized carbons (Fsp3) is 0.421. The summed E-state index contributed by atoms with van der Waals surface area (Å²) in [5.41, 5.74) is 14.6. The Labute approximate surface area is 152 Å². The Bertz CT molecular complexity index is 917. The minimum absolute atomic E-state index is 0.308. The second-order valence-corrected chi connectivity index (χ2v) is 6.97. The Morgan fingerprint density at radius 1 is 1.23 bits per heavy atom. The molecule has 0 unspecified atom stereocenters. The van der Waals surface area contributed by atoms with Gasteiger partial charge in [0, 0.05) is 29.6 Å². The van der Waals surface area contributed by atoms with Gasteiger partial charge >= 0.3 is 0 Å². The number of benzene rings is 1. The van der Waals surface area contributed by atoms with Gasteiger partial charge in [0.1, 0.15) is 5.82 Å². The van der Waals surface area contributed by atoms with Crippen LogP contribution in [0.25, 0.3) is 22.2 Å². The maximum atomic E-state index is 6.04. The van der Waals surface area contributed by atoms with Crippen LogP contribution in [0.15, 0.2) is 24.3 Å². The summed E-state index contributed by atoms with van der Waals surface area (Å²) in [7, 11) is 0. The number of anilines is 3. The number of nitrogen functional groups attached to an aromatic ring is 2. The molecule has 1 atom stereocenters. The molecule has 0 aliphatic carbocycles. The van der Waals surface area contributed by atoms with E-state index >= 15 is 0 Å². The number of aromatic nitrogens is 4. The lowest BCUT2D eigenvalue weighted by molar-refractivity contribution is 0.571. The molecule has 1 fully saturated rings. The third kappa shape index (κ3) is 3.05. The van der Waals surface area contributed by atoms with E-state index in [0.29, 0.717) is 17.8 Å². The van der Waals surface area contributed by atoms with Crippen LogP contribution in [-0.4, -0.2) is 32.8 Å². The van der Waals surface area contributed by atoms with Gasteiger partial charge in [0.15, 0.2) is 5.82 Å². The van der Waals surface area contributed by atoms with Crippen LogP contribution in [0.4, 0.5) is 17.6 Å². The molecule has 1 aliphatic rings. The molecule has 4 rings (SSSR count). The number of rotatable bonds is 5. The minimum atomic E-state index is 0.308. The number of hydrogen-bond acceptors (Lipinski definition) is 6. The van der Waals surface area contributed by atoms with Crippen molar-refractivity contribution in [2.24, 2.45) is 0 Å². The molecule has 1 saturated heterocycles. The number of aromatic amines is 1. The lowest BCUT2D eigenvalue weighted by Crippen LogP contribution is -2.30. The van der Waals surface area contributed by atoms with Gasteiger partial charge in [-0.3, -0.25) is 5.10 Å². The number of hydrogen-bond donors (Lipinski definition) is 3. The molecule has 0 saturated carbocycles. The number of fused-ring (bicyclic) bond motifs is 1. The third-order valence-corrected chi connectivity index (χ3v) is 5.18. The molecule has 1 aromatic carbocycles. The first kappa shape index (κ1) is 16.6. The molecule has 136 valence electrons. The van der Waals surface area contributed by atoms with E-state index in [0.717, 1.165) is 34.5 Å². The molecule has 3 aromatic rings. The van der Waals surface area contributed by atoms with E-state index in [2.05, 4.69) is 32.0 Å². The molecular weight excluding hydrogens is 326 g/mol. The third-order valence-electron chi connectivity index (χ3n) is 5.18. The molecule has 7 nitrogen and oxygen atoms in total. The van der Waals surface area contributed by atoms with Crippen LogP contribution in [0.3, 0.4) is 0 Å². The first-order valence-electron chi connectivity index (χ1n) is 9.31. The van der Waals surface area contributed by atoms with Crippen LogP contribution in [0, 0.1) is 0 Å². The van der Waals surface area contributed by atoms with Crippen LogP contribution in [-0.2, 0) is 0 Å². The van der Waals surface area contributed by atoms with Crippen LogP contribution >= 0.6 is 0 Å². The Balaban J connectivity index is 1.69.